The maximum absolute atomic E-state index is 13.3. The average Bonchev–Trinajstić information content (AvgIpc) is 3.08. The van der Waals surface area contributed by atoms with Gasteiger partial charge in [0.2, 0.25) is 0 Å². The van der Waals surface area contributed by atoms with Crippen LogP contribution < -0.4 is 8.92 Å². The Kier molecular flexibility index (Phi) is 6.10. The van der Waals surface area contributed by atoms with Gasteiger partial charge in [-0.25, -0.2) is 0 Å². The molecule has 0 amide bonds. The van der Waals surface area contributed by atoms with Crippen molar-refractivity contribution in [3.05, 3.63) is 105 Å². The third-order valence-corrected chi connectivity index (χ3v) is 9.81. The zero-order valence-electron chi connectivity index (χ0n) is 15.2. The molecule has 1 heterocycles. The maximum atomic E-state index is 13.3. The summed E-state index contributed by atoms with van der Waals surface area (Å²) < 4.78 is 37.6. The van der Waals surface area contributed by atoms with Crippen LogP contribution in [0.2, 0.25) is 0 Å². The third-order valence-electron chi connectivity index (χ3n) is 4.37. The average molecular weight is 506 g/mol. The molecule has 0 bridgehead atoms. The van der Waals surface area contributed by atoms with Gasteiger partial charge >= 0.3 is 176 Å². The molecule has 5 heteroatoms. The van der Waals surface area contributed by atoms with Crippen LogP contribution in [0.5, 0.6) is 0 Å². The van der Waals surface area contributed by atoms with Crippen LogP contribution in [-0.4, -0.2) is 36.5 Å². The standard InChI is InChI=1S/C23H18F2OSe2/c1-15-2-4-16(5-3-15)22-23(28-20-12-8-18(25)9-13-20)21(14-26-22)27-19-10-6-17(24)7-11-19/h2-13,22H,14H2,1H3. The van der Waals surface area contributed by atoms with Gasteiger partial charge in [-0.1, -0.05) is 0 Å². The van der Waals surface area contributed by atoms with Crippen LogP contribution >= 0.6 is 0 Å². The van der Waals surface area contributed by atoms with Crippen molar-refractivity contribution in [1.29, 1.82) is 0 Å². The molecule has 0 saturated carbocycles. The third kappa shape index (κ3) is 4.63. The second-order valence-electron chi connectivity index (χ2n) is 6.50. The van der Waals surface area contributed by atoms with E-state index in [1.54, 1.807) is 0 Å². The van der Waals surface area contributed by atoms with Gasteiger partial charge in [-0.2, -0.15) is 0 Å². The number of hydrogen-bond acceptors (Lipinski definition) is 1. The van der Waals surface area contributed by atoms with E-state index in [0.29, 0.717) is 6.61 Å². The molecular formula is C23H18F2OSe2. The Morgan fingerprint density at radius 2 is 1.29 bits per heavy atom. The molecule has 1 unspecified atom stereocenters. The summed E-state index contributed by atoms with van der Waals surface area (Å²) >= 11 is 0.112. The number of benzene rings is 3. The van der Waals surface area contributed by atoms with E-state index < -0.39 is 0 Å². The SMILES string of the molecule is Cc1ccc(C2OCC([Se]c3ccc(F)cc3)=C2[Se]c2ccc(F)cc2)cc1. The Labute approximate surface area is 176 Å². The van der Waals surface area contributed by atoms with Crippen molar-refractivity contribution in [3.8, 4) is 0 Å². The second-order valence-corrected chi connectivity index (χ2v) is 11.3. The zero-order valence-corrected chi connectivity index (χ0v) is 18.6. The summed E-state index contributed by atoms with van der Waals surface area (Å²) in [7, 11) is 0. The van der Waals surface area contributed by atoms with Gasteiger partial charge in [0, 0.05) is 0 Å². The van der Waals surface area contributed by atoms with Gasteiger partial charge in [0.05, 0.1) is 0 Å². The van der Waals surface area contributed by atoms with E-state index in [2.05, 4.69) is 31.2 Å². The van der Waals surface area contributed by atoms with E-state index in [1.807, 2.05) is 24.3 Å². The molecule has 0 aromatic heterocycles. The Bertz CT molecular complexity index is 981. The Balaban J connectivity index is 1.68. The van der Waals surface area contributed by atoms with Crippen molar-refractivity contribution < 1.29 is 13.5 Å². The fourth-order valence-electron chi connectivity index (χ4n) is 2.91. The van der Waals surface area contributed by atoms with Crippen LogP contribution in [0.25, 0.3) is 0 Å². The van der Waals surface area contributed by atoms with Gasteiger partial charge in [-0.05, 0) is 0 Å². The van der Waals surface area contributed by atoms with Crippen molar-refractivity contribution >= 4 is 38.8 Å². The molecule has 3 aromatic carbocycles. The summed E-state index contributed by atoms with van der Waals surface area (Å²) in [5.74, 6) is -0.438. The van der Waals surface area contributed by atoms with Crippen LogP contribution in [0, 0.1) is 18.6 Å². The van der Waals surface area contributed by atoms with E-state index in [4.69, 9.17) is 4.74 Å². The van der Waals surface area contributed by atoms with Crippen molar-refractivity contribution in [2.75, 3.05) is 6.61 Å². The minimum atomic E-state index is -0.220. The molecule has 1 aliphatic rings. The predicted octanol–water partition coefficient (Wildman–Crippen LogP) is 3.62. The number of ether oxygens (including phenoxy) is 1. The zero-order chi connectivity index (χ0) is 19.5. The first kappa shape index (κ1) is 19.6. The van der Waals surface area contributed by atoms with Crippen molar-refractivity contribution in [3.63, 3.8) is 0 Å². The molecule has 0 spiro atoms. The molecule has 0 fully saturated rings. The van der Waals surface area contributed by atoms with Gasteiger partial charge in [-0.15, -0.1) is 0 Å². The van der Waals surface area contributed by atoms with E-state index >= 15 is 0 Å². The van der Waals surface area contributed by atoms with E-state index in [9.17, 15) is 8.78 Å². The first-order valence-corrected chi connectivity index (χ1v) is 12.3. The van der Waals surface area contributed by atoms with Crippen molar-refractivity contribution in [2.24, 2.45) is 0 Å². The molecule has 142 valence electrons. The van der Waals surface area contributed by atoms with Crippen molar-refractivity contribution in [2.45, 2.75) is 13.0 Å². The molecule has 28 heavy (non-hydrogen) atoms. The number of halogens is 2. The molecule has 0 aliphatic carbocycles. The van der Waals surface area contributed by atoms with Crippen LogP contribution in [0.4, 0.5) is 8.78 Å². The van der Waals surface area contributed by atoms with E-state index in [0.717, 1.165) is 14.5 Å². The first-order valence-electron chi connectivity index (χ1n) is 8.86. The van der Waals surface area contributed by atoms with Crippen LogP contribution in [0.3, 0.4) is 0 Å². The molecule has 3 aromatic rings. The summed E-state index contributed by atoms with van der Waals surface area (Å²) in [6.07, 6.45) is -0.0667. The molecule has 1 aliphatic heterocycles. The van der Waals surface area contributed by atoms with Crippen LogP contribution in [-0.2, 0) is 4.74 Å². The summed E-state index contributed by atoms with van der Waals surface area (Å²) in [5, 5.41) is 0. The van der Waals surface area contributed by atoms with E-state index in [1.165, 1.54) is 38.8 Å². The van der Waals surface area contributed by atoms with Gasteiger partial charge in [0.15, 0.2) is 0 Å². The van der Waals surface area contributed by atoms with Gasteiger partial charge < -0.3 is 0 Å². The summed E-state index contributed by atoms with van der Waals surface area (Å²) in [5.41, 5.74) is 2.36. The number of aryl methyl sites for hydroxylation is 1. The quantitative estimate of drug-likeness (QED) is 0.481. The van der Waals surface area contributed by atoms with Crippen LogP contribution in [0.15, 0.2) is 81.7 Å². The topological polar surface area (TPSA) is 9.23 Å². The van der Waals surface area contributed by atoms with Gasteiger partial charge in [0.1, 0.15) is 0 Å². The summed E-state index contributed by atoms with van der Waals surface area (Å²) in [6, 6.07) is 21.9. The Morgan fingerprint density at radius 1 is 0.750 bits per heavy atom. The number of hydrogen-bond donors (Lipinski definition) is 0. The molecule has 1 atom stereocenters. The molecule has 1 nitrogen and oxygen atoms in total. The van der Waals surface area contributed by atoms with Gasteiger partial charge in [0.25, 0.3) is 0 Å². The molecule has 0 N–H and O–H groups in total. The Hall–Kier alpha value is -1.74. The van der Waals surface area contributed by atoms with Gasteiger partial charge in [-0.3, -0.25) is 0 Å². The summed E-state index contributed by atoms with van der Waals surface area (Å²) in [6.45, 7) is 2.66. The Morgan fingerprint density at radius 3 is 1.86 bits per heavy atom. The number of rotatable bonds is 5. The van der Waals surface area contributed by atoms with Crippen LogP contribution in [0.1, 0.15) is 17.2 Å². The molecular weight excluding hydrogens is 488 g/mol. The second kappa shape index (κ2) is 8.73. The first-order chi connectivity index (χ1) is 13.6. The van der Waals surface area contributed by atoms with Crippen molar-refractivity contribution in [1.82, 2.24) is 0 Å². The molecule has 4 rings (SSSR count). The fraction of sp³-hybridized carbons (Fsp3) is 0.130. The molecule has 0 saturated heterocycles. The fourth-order valence-corrected chi connectivity index (χ4v) is 7.80. The normalized spacial score (nSPS) is 16.6. The molecule has 0 radical (unpaired) electrons. The monoisotopic (exact) mass is 508 g/mol. The summed E-state index contributed by atoms with van der Waals surface area (Å²) in [4.78, 5) is 0. The minimum absolute atomic E-state index is 0.0386. The van der Waals surface area contributed by atoms with E-state index in [-0.39, 0.29) is 47.7 Å². The predicted molar refractivity (Wildman–Crippen MR) is 110 cm³/mol.